The zero-order valence-electron chi connectivity index (χ0n) is 13.4. The molecule has 122 valence electrons. The van der Waals surface area contributed by atoms with E-state index in [0.29, 0.717) is 25.4 Å². The number of carboxylic acid groups (broad SMARTS) is 1. The molecule has 6 heteroatoms. The van der Waals surface area contributed by atoms with Crippen molar-refractivity contribution in [3.63, 3.8) is 0 Å². The Morgan fingerprint density at radius 2 is 1.90 bits per heavy atom. The first kappa shape index (κ1) is 17.8. The summed E-state index contributed by atoms with van der Waals surface area (Å²) >= 11 is 0. The summed E-state index contributed by atoms with van der Waals surface area (Å²) in [6, 6.07) is 0.132. The van der Waals surface area contributed by atoms with Crippen LogP contribution < -0.4 is 10.6 Å². The van der Waals surface area contributed by atoms with Crippen LogP contribution in [-0.4, -0.2) is 54.2 Å². The Labute approximate surface area is 127 Å². The minimum atomic E-state index is -0.861. The predicted octanol–water partition coefficient (Wildman–Crippen LogP) is 1.66. The summed E-state index contributed by atoms with van der Waals surface area (Å²) < 4.78 is 0. The maximum Gasteiger partial charge on any atom is 0.314 e. The first-order chi connectivity index (χ1) is 9.99. The van der Waals surface area contributed by atoms with Gasteiger partial charge >= 0.3 is 12.0 Å². The number of aliphatic carboxylic acids is 1. The average molecular weight is 299 g/mol. The lowest BCUT2D eigenvalue weighted by atomic mass is 9.82. The highest BCUT2D eigenvalue weighted by Gasteiger charge is 2.35. The Balaban J connectivity index is 2.38. The number of rotatable bonds is 8. The number of hydrogen-bond donors (Lipinski definition) is 3. The van der Waals surface area contributed by atoms with Crippen LogP contribution in [0.15, 0.2) is 0 Å². The van der Waals surface area contributed by atoms with Gasteiger partial charge in [0.1, 0.15) is 0 Å². The van der Waals surface area contributed by atoms with Gasteiger partial charge in [0.05, 0.1) is 5.41 Å². The van der Waals surface area contributed by atoms with E-state index in [9.17, 15) is 14.7 Å². The molecule has 1 atom stereocenters. The molecule has 1 fully saturated rings. The third kappa shape index (κ3) is 4.59. The monoisotopic (exact) mass is 299 g/mol. The maximum absolute atomic E-state index is 11.9. The second kappa shape index (κ2) is 8.22. The standard InChI is InChI=1S/C15H29N3O3/c1-4-15(5-2,13(19)20)11-17-14(21)16-10-12-8-7-9-18(12)6-3/h12H,4-11H2,1-3H3,(H,19,20)(H2,16,17,21). The van der Waals surface area contributed by atoms with Crippen LogP contribution in [-0.2, 0) is 4.79 Å². The van der Waals surface area contributed by atoms with Crippen LogP contribution in [0.4, 0.5) is 4.79 Å². The topological polar surface area (TPSA) is 81.7 Å². The molecule has 0 radical (unpaired) electrons. The summed E-state index contributed by atoms with van der Waals surface area (Å²) in [4.78, 5) is 25.6. The number of hydrogen-bond acceptors (Lipinski definition) is 3. The van der Waals surface area contributed by atoms with E-state index in [1.165, 1.54) is 6.42 Å². The van der Waals surface area contributed by atoms with Crippen molar-refractivity contribution in [1.82, 2.24) is 15.5 Å². The summed E-state index contributed by atoms with van der Waals surface area (Å²) in [7, 11) is 0. The number of urea groups is 1. The van der Waals surface area contributed by atoms with Crippen LogP contribution in [0.5, 0.6) is 0 Å². The number of likely N-dealkylation sites (N-methyl/N-ethyl adjacent to an activating group) is 1. The van der Waals surface area contributed by atoms with E-state index in [-0.39, 0.29) is 12.6 Å². The normalized spacial score (nSPS) is 19.5. The lowest BCUT2D eigenvalue weighted by molar-refractivity contribution is -0.149. The van der Waals surface area contributed by atoms with Crippen molar-refractivity contribution in [2.45, 2.75) is 52.5 Å². The third-order valence-corrected chi connectivity index (χ3v) is 4.80. The van der Waals surface area contributed by atoms with Crippen molar-refractivity contribution in [3.8, 4) is 0 Å². The van der Waals surface area contributed by atoms with Crippen LogP contribution in [0.1, 0.15) is 46.5 Å². The lowest BCUT2D eigenvalue weighted by Gasteiger charge is -2.27. The quantitative estimate of drug-likeness (QED) is 0.636. The Bertz CT molecular complexity index is 356. The van der Waals surface area contributed by atoms with Crippen LogP contribution in [0.25, 0.3) is 0 Å². The zero-order valence-corrected chi connectivity index (χ0v) is 13.4. The number of likely N-dealkylation sites (tertiary alicyclic amines) is 1. The molecule has 0 bridgehead atoms. The minimum Gasteiger partial charge on any atom is -0.481 e. The van der Waals surface area contributed by atoms with Crippen molar-refractivity contribution in [2.24, 2.45) is 5.41 Å². The lowest BCUT2D eigenvalue weighted by Crippen LogP contribution is -2.48. The molecule has 0 spiro atoms. The van der Waals surface area contributed by atoms with Gasteiger partial charge in [-0.15, -0.1) is 0 Å². The van der Waals surface area contributed by atoms with Crippen molar-refractivity contribution in [2.75, 3.05) is 26.2 Å². The highest BCUT2D eigenvalue weighted by atomic mass is 16.4. The van der Waals surface area contributed by atoms with Crippen LogP contribution in [0.3, 0.4) is 0 Å². The number of carboxylic acids is 1. The Morgan fingerprint density at radius 1 is 1.24 bits per heavy atom. The number of nitrogens with zero attached hydrogens (tertiary/aromatic N) is 1. The van der Waals surface area contributed by atoms with Gasteiger partial charge in [0.2, 0.25) is 0 Å². The van der Waals surface area contributed by atoms with Gasteiger partial charge in [-0.25, -0.2) is 4.79 Å². The summed E-state index contributed by atoms with van der Waals surface area (Å²) in [5.74, 6) is -0.847. The maximum atomic E-state index is 11.9. The molecule has 0 saturated carbocycles. The van der Waals surface area contributed by atoms with Crippen molar-refractivity contribution >= 4 is 12.0 Å². The fourth-order valence-corrected chi connectivity index (χ4v) is 2.94. The van der Waals surface area contributed by atoms with Gasteiger partial charge in [-0.1, -0.05) is 20.8 Å². The number of nitrogens with one attached hydrogen (secondary N) is 2. The molecule has 1 aliphatic rings. The summed E-state index contributed by atoms with van der Waals surface area (Å²) in [5, 5.41) is 14.9. The van der Waals surface area contributed by atoms with E-state index in [0.717, 1.165) is 19.5 Å². The number of carbonyl (C=O) groups excluding carboxylic acids is 1. The fourth-order valence-electron chi connectivity index (χ4n) is 2.94. The van der Waals surface area contributed by atoms with Gasteiger partial charge in [-0.2, -0.15) is 0 Å². The van der Waals surface area contributed by atoms with E-state index in [1.54, 1.807) is 0 Å². The third-order valence-electron chi connectivity index (χ3n) is 4.80. The molecule has 3 N–H and O–H groups in total. The van der Waals surface area contributed by atoms with Crippen molar-refractivity contribution in [3.05, 3.63) is 0 Å². The predicted molar refractivity (Wildman–Crippen MR) is 82.3 cm³/mol. The van der Waals surface area contributed by atoms with Gasteiger partial charge in [-0.3, -0.25) is 9.69 Å². The molecule has 21 heavy (non-hydrogen) atoms. The second-order valence-corrected chi connectivity index (χ2v) is 5.78. The highest BCUT2D eigenvalue weighted by Crippen LogP contribution is 2.25. The minimum absolute atomic E-state index is 0.170. The number of amides is 2. The summed E-state index contributed by atoms with van der Waals surface area (Å²) in [5.41, 5.74) is -0.861. The Kier molecular flexibility index (Phi) is 6.95. The first-order valence-electron chi connectivity index (χ1n) is 7.98. The van der Waals surface area contributed by atoms with Gasteiger partial charge in [-0.05, 0) is 38.8 Å². The smallest absolute Gasteiger partial charge is 0.314 e. The molecule has 0 aromatic heterocycles. The first-order valence-corrected chi connectivity index (χ1v) is 7.98. The molecule has 1 rings (SSSR count). The zero-order chi connectivity index (χ0) is 15.9. The molecule has 1 aliphatic heterocycles. The molecule has 6 nitrogen and oxygen atoms in total. The molecule has 1 unspecified atom stereocenters. The van der Waals surface area contributed by atoms with Gasteiger partial charge in [0, 0.05) is 19.1 Å². The van der Waals surface area contributed by atoms with E-state index in [4.69, 9.17) is 0 Å². The molecular formula is C15H29N3O3. The molecule has 1 heterocycles. The van der Waals surface area contributed by atoms with Crippen LogP contribution >= 0.6 is 0 Å². The second-order valence-electron chi connectivity index (χ2n) is 5.78. The average Bonchev–Trinajstić information content (AvgIpc) is 2.93. The molecule has 0 aliphatic carbocycles. The van der Waals surface area contributed by atoms with E-state index >= 15 is 0 Å². The largest absolute Gasteiger partial charge is 0.481 e. The molecular weight excluding hydrogens is 270 g/mol. The molecule has 2 amide bonds. The molecule has 0 aromatic carbocycles. The van der Waals surface area contributed by atoms with Crippen LogP contribution in [0.2, 0.25) is 0 Å². The number of carbonyl (C=O) groups is 2. The van der Waals surface area contributed by atoms with Gasteiger partial charge in [0.25, 0.3) is 0 Å². The summed E-state index contributed by atoms with van der Waals surface area (Å²) in [6.07, 6.45) is 3.30. The molecule has 1 saturated heterocycles. The Morgan fingerprint density at radius 3 is 2.43 bits per heavy atom. The van der Waals surface area contributed by atoms with E-state index in [2.05, 4.69) is 22.5 Å². The van der Waals surface area contributed by atoms with Crippen molar-refractivity contribution < 1.29 is 14.7 Å². The summed E-state index contributed by atoms with van der Waals surface area (Å²) in [6.45, 7) is 8.70. The fraction of sp³-hybridized carbons (Fsp3) is 0.867. The van der Waals surface area contributed by atoms with Crippen molar-refractivity contribution in [1.29, 1.82) is 0 Å². The van der Waals surface area contributed by atoms with Gasteiger partial charge in [0.15, 0.2) is 0 Å². The van der Waals surface area contributed by atoms with Crippen LogP contribution in [0, 0.1) is 5.41 Å². The van der Waals surface area contributed by atoms with E-state index in [1.807, 2.05) is 13.8 Å². The molecule has 0 aromatic rings. The van der Waals surface area contributed by atoms with Gasteiger partial charge < -0.3 is 15.7 Å². The SMILES string of the molecule is CCN1CCCC1CNC(=O)NCC(CC)(CC)C(=O)O. The highest BCUT2D eigenvalue weighted by molar-refractivity contribution is 5.78. The van der Waals surface area contributed by atoms with E-state index < -0.39 is 11.4 Å². The Hall–Kier alpha value is -1.30.